The van der Waals surface area contributed by atoms with Crippen molar-refractivity contribution in [2.45, 2.75) is 0 Å². The van der Waals surface area contributed by atoms with Crippen molar-refractivity contribution in [3.8, 4) is 16.9 Å². The fourth-order valence-corrected chi connectivity index (χ4v) is 3.24. The molecule has 2 heterocycles. The Hall–Kier alpha value is -3.23. The van der Waals surface area contributed by atoms with Crippen molar-refractivity contribution in [1.82, 2.24) is 24.6 Å². The molecule has 0 fully saturated rings. The second-order valence-electron chi connectivity index (χ2n) is 7.08. The highest BCUT2D eigenvalue weighted by molar-refractivity contribution is 6.30. The number of hydrogen-bond donors (Lipinski definition) is 2. The molecule has 0 aliphatic heterocycles. The van der Waals surface area contributed by atoms with E-state index in [9.17, 15) is 4.39 Å². The van der Waals surface area contributed by atoms with Crippen molar-refractivity contribution in [3.05, 3.63) is 59.4 Å². The Kier molecular flexibility index (Phi) is 5.52. The summed E-state index contributed by atoms with van der Waals surface area (Å²) in [6.45, 7) is 1.42. The minimum atomic E-state index is -0.393. The van der Waals surface area contributed by atoms with Crippen molar-refractivity contribution >= 4 is 34.4 Å². The zero-order valence-electron chi connectivity index (χ0n) is 16.6. The molecule has 0 aliphatic rings. The van der Waals surface area contributed by atoms with Gasteiger partial charge >= 0.3 is 0 Å². The lowest BCUT2D eigenvalue weighted by Crippen LogP contribution is -2.21. The molecular weight excluding hydrogens is 405 g/mol. The van der Waals surface area contributed by atoms with Crippen LogP contribution in [0.15, 0.2) is 48.5 Å². The summed E-state index contributed by atoms with van der Waals surface area (Å²) in [5.41, 5.74) is 8.25. The van der Waals surface area contributed by atoms with Crippen molar-refractivity contribution in [2.24, 2.45) is 0 Å². The number of likely N-dealkylation sites (N-methyl/N-ethyl adjacent to an activating group) is 1. The summed E-state index contributed by atoms with van der Waals surface area (Å²) in [4.78, 5) is 11.1. The van der Waals surface area contributed by atoms with Gasteiger partial charge < -0.3 is 16.0 Å². The molecule has 2 aromatic carbocycles. The average Bonchev–Trinajstić information content (AvgIpc) is 3.05. The largest absolute Gasteiger partial charge is 0.383 e. The van der Waals surface area contributed by atoms with Crippen LogP contribution in [0.1, 0.15) is 0 Å². The van der Waals surface area contributed by atoms with E-state index in [4.69, 9.17) is 17.3 Å². The maximum absolute atomic E-state index is 14.6. The predicted octanol–water partition coefficient (Wildman–Crippen LogP) is 3.83. The summed E-state index contributed by atoms with van der Waals surface area (Å²) in [7, 11) is 3.95. The fraction of sp³-hybridized carbons (Fsp3) is 0.190. The van der Waals surface area contributed by atoms with Crippen molar-refractivity contribution in [1.29, 1.82) is 0 Å². The van der Waals surface area contributed by atoms with Crippen LogP contribution < -0.4 is 11.1 Å². The summed E-state index contributed by atoms with van der Waals surface area (Å²) >= 11 is 6.00. The first-order valence-electron chi connectivity index (χ1n) is 9.39. The van der Waals surface area contributed by atoms with E-state index in [1.54, 1.807) is 47.1 Å². The Morgan fingerprint density at radius 3 is 2.53 bits per heavy atom. The first-order chi connectivity index (χ1) is 14.4. The van der Waals surface area contributed by atoms with Crippen LogP contribution in [0.5, 0.6) is 0 Å². The number of nitrogens with two attached hydrogens (primary N) is 1. The number of hydrogen-bond acceptors (Lipinski definition) is 6. The lowest BCUT2D eigenvalue weighted by atomic mass is 10.1. The molecule has 2 aromatic heterocycles. The summed E-state index contributed by atoms with van der Waals surface area (Å²) in [6.07, 6.45) is 0. The molecule has 3 N–H and O–H groups in total. The Morgan fingerprint density at radius 2 is 1.83 bits per heavy atom. The molecule has 4 rings (SSSR count). The van der Waals surface area contributed by atoms with Gasteiger partial charge in [0.15, 0.2) is 5.65 Å². The summed E-state index contributed by atoms with van der Waals surface area (Å²) in [6, 6.07) is 13.6. The number of rotatable bonds is 6. The quantitative estimate of drug-likeness (QED) is 0.488. The van der Waals surface area contributed by atoms with Gasteiger partial charge in [0.2, 0.25) is 5.95 Å². The van der Waals surface area contributed by atoms with Gasteiger partial charge in [0.25, 0.3) is 0 Å². The minimum Gasteiger partial charge on any atom is -0.383 e. The molecular formula is C21H21ClFN7. The normalized spacial score (nSPS) is 11.4. The van der Waals surface area contributed by atoms with Crippen molar-refractivity contribution < 1.29 is 4.39 Å². The molecule has 9 heteroatoms. The second kappa shape index (κ2) is 8.25. The minimum absolute atomic E-state index is 0.324. The molecule has 0 spiro atoms. The molecule has 0 aliphatic carbocycles. The number of nitrogen functional groups attached to an aromatic ring is 1. The molecule has 7 nitrogen and oxygen atoms in total. The number of nitrogens with one attached hydrogen (secondary N) is 1. The smallest absolute Gasteiger partial charge is 0.225 e. The number of halogens is 2. The van der Waals surface area contributed by atoms with Crippen molar-refractivity contribution in [3.63, 3.8) is 0 Å². The molecule has 0 radical (unpaired) electrons. The maximum Gasteiger partial charge on any atom is 0.225 e. The van der Waals surface area contributed by atoms with Gasteiger partial charge in [0.1, 0.15) is 11.6 Å². The molecule has 0 bridgehead atoms. The SMILES string of the molecule is CN(C)CCNc1nc(-c2ccccc2F)c2c(N)n(-c3ccc(Cl)cc3)nc2n1. The van der Waals surface area contributed by atoms with E-state index in [0.29, 0.717) is 45.6 Å². The first kappa shape index (κ1) is 20.1. The van der Waals surface area contributed by atoms with Gasteiger partial charge in [-0.05, 0) is 50.5 Å². The lowest BCUT2D eigenvalue weighted by Gasteiger charge is -2.11. The summed E-state index contributed by atoms with van der Waals surface area (Å²) < 4.78 is 16.2. The molecule has 0 saturated carbocycles. The van der Waals surface area contributed by atoms with E-state index in [-0.39, 0.29) is 0 Å². The summed E-state index contributed by atoms with van der Waals surface area (Å²) in [5, 5.41) is 8.83. The van der Waals surface area contributed by atoms with Crippen LogP contribution in [-0.2, 0) is 0 Å². The van der Waals surface area contributed by atoms with E-state index in [2.05, 4.69) is 20.4 Å². The second-order valence-corrected chi connectivity index (χ2v) is 7.51. The Labute approximate surface area is 178 Å². The lowest BCUT2D eigenvalue weighted by molar-refractivity contribution is 0.425. The van der Waals surface area contributed by atoms with Crippen LogP contribution in [0.25, 0.3) is 28.0 Å². The van der Waals surface area contributed by atoms with Gasteiger partial charge in [-0.1, -0.05) is 23.7 Å². The van der Waals surface area contributed by atoms with Gasteiger partial charge in [0, 0.05) is 23.7 Å². The summed E-state index contributed by atoms with van der Waals surface area (Å²) in [5.74, 6) is 0.296. The van der Waals surface area contributed by atoms with Gasteiger partial charge in [-0.3, -0.25) is 0 Å². The van der Waals surface area contributed by atoms with E-state index >= 15 is 0 Å². The number of anilines is 2. The molecule has 30 heavy (non-hydrogen) atoms. The third-order valence-electron chi connectivity index (χ3n) is 4.61. The van der Waals surface area contributed by atoms with Crippen LogP contribution in [0.2, 0.25) is 5.02 Å². The number of nitrogens with zero attached hydrogens (tertiary/aromatic N) is 5. The van der Waals surface area contributed by atoms with Gasteiger partial charge in [-0.15, -0.1) is 5.10 Å². The maximum atomic E-state index is 14.6. The van der Waals surface area contributed by atoms with Crippen LogP contribution >= 0.6 is 11.6 Å². The van der Waals surface area contributed by atoms with E-state index in [1.165, 1.54) is 6.07 Å². The molecule has 154 valence electrons. The zero-order valence-corrected chi connectivity index (χ0v) is 17.4. The highest BCUT2D eigenvalue weighted by Gasteiger charge is 2.20. The zero-order chi connectivity index (χ0) is 21.3. The number of fused-ring (bicyclic) bond motifs is 1. The third kappa shape index (κ3) is 3.92. The topological polar surface area (TPSA) is 84.9 Å². The van der Waals surface area contributed by atoms with Crippen molar-refractivity contribution in [2.75, 3.05) is 38.2 Å². The highest BCUT2D eigenvalue weighted by atomic mass is 35.5. The van der Waals surface area contributed by atoms with Gasteiger partial charge in [0.05, 0.1) is 16.8 Å². The number of benzene rings is 2. The first-order valence-corrected chi connectivity index (χ1v) is 9.77. The van der Waals surface area contributed by atoms with E-state index < -0.39 is 5.82 Å². The van der Waals surface area contributed by atoms with Gasteiger partial charge in [-0.25, -0.2) is 14.1 Å². The Bertz CT molecular complexity index is 1190. The Balaban J connectivity index is 1.89. The standard InChI is InChI=1S/C21H21ClFN7/c1-29(2)12-11-25-21-26-18(15-5-3-4-6-16(15)23)17-19(24)30(28-20(17)27-21)14-9-7-13(22)8-10-14/h3-10H,11-12,24H2,1-2H3,(H,25,27,28). The Morgan fingerprint density at radius 1 is 1.10 bits per heavy atom. The van der Waals surface area contributed by atoms with Crippen LogP contribution in [-0.4, -0.2) is 51.8 Å². The van der Waals surface area contributed by atoms with Gasteiger partial charge in [-0.2, -0.15) is 4.98 Å². The molecule has 0 saturated heterocycles. The fourth-order valence-electron chi connectivity index (χ4n) is 3.11. The molecule has 0 unspecified atom stereocenters. The van der Waals surface area contributed by atoms with E-state index in [1.807, 2.05) is 19.0 Å². The molecule has 4 aromatic rings. The highest BCUT2D eigenvalue weighted by Crippen LogP contribution is 2.34. The van der Waals surface area contributed by atoms with Crippen LogP contribution in [0, 0.1) is 5.82 Å². The number of aromatic nitrogens is 4. The average molecular weight is 426 g/mol. The molecule has 0 amide bonds. The van der Waals surface area contributed by atoms with Crippen LogP contribution in [0.3, 0.4) is 0 Å². The predicted molar refractivity (Wildman–Crippen MR) is 119 cm³/mol. The van der Waals surface area contributed by atoms with E-state index in [0.717, 1.165) is 12.2 Å². The van der Waals surface area contributed by atoms with Crippen LogP contribution in [0.4, 0.5) is 16.2 Å². The molecule has 0 atom stereocenters. The third-order valence-corrected chi connectivity index (χ3v) is 4.86. The monoisotopic (exact) mass is 425 g/mol.